The average Bonchev–Trinajstić information content (AvgIpc) is 3.83. The summed E-state index contributed by atoms with van der Waals surface area (Å²) in [4.78, 5) is 15.8. The molecule has 0 amide bonds. The Morgan fingerprint density at radius 2 is 0.905 bits per heavy atom. The van der Waals surface area contributed by atoms with Gasteiger partial charge in [0.15, 0.2) is 17.5 Å². The highest BCUT2D eigenvalue weighted by Gasteiger charge is 2.21. The predicted octanol–water partition coefficient (Wildman–Crippen LogP) is 16.2. The van der Waals surface area contributed by atoms with Crippen LogP contribution in [-0.2, 0) is 0 Å². The zero-order valence-electron chi connectivity index (χ0n) is 44.3. The molecule has 0 bridgehead atoms. The van der Waals surface area contributed by atoms with Crippen LogP contribution in [0.5, 0.6) is 0 Å². The highest BCUT2D eigenvalue weighted by Crippen LogP contribution is 2.45. The molecule has 3 nitrogen and oxygen atoms in total. The molecule has 0 atom stereocenters. The summed E-state index contributed by atoms with van der Waals surface area (Å²) < 4.78 is 99.9. The fraction of sp³-hybridized carbons (Fsp3) is 0. The van der Waals surface area contributed by atoms with Gasteiger partial charge in [-0.15, -0.1) is 11.3 Å². The summed E-state index contributed by atoms with van der Waals surface area (Å²) in [7, 11) is 0. The van der Waals surface area contributed by atoms with E-state index in [9.17, 15) is 5.48 Å². The number of thiophene rings is 1. The molecular weight excluding hydrogens is 783 g/mol. The third kappa shape index (κ3) is 6.56. The van der Waals surface area contributed by atoms with Gasteiger partial charge in [-0.2, -0.15) is 0 Å². The molecule has 294 valence electrons. The summed E-state index contributed by atoms with van der Waals surface area (Å²) in [6.45, 7) is 0. The molecule has 0 radical (unpaired) electrons. The van der Waals surface area contributed by atoms with Gasteiger partial charge in [0, 0.05) is 36.9 Å². The third-order valence-electron chi connectivity index (χ3n) is 11.4. The van der Waals surface area contributed by atoms with E-state index < -0.39 is 72.0 Å². The van der Waals surface area contributed by atoms with Crippen LogP contribution in [0.25, 0.3) is 120 Å². The van der Waals surface area contributed by atoms with Gasteiger partial charge in [-0.05, 0) is 96.4 Å². The standard InChI is InChI=1S/C59H37N3S/c1-4-17-38(18-5-1)46-31-32-47(50-28-13-12-27-49(46)50)42-24-16-25-43(35-42)57-60-58(44-36-41-23-10-11-26-45(41)53(37-44)40-21-8-3-9-22-40)62-59(61-57)52-34-33-48(39-19-6-2-7-20-39)56-55(52)51-29-14-15-30-54(51)63-56/h1-37H/i1D,4D,5D,12D,13D,17D,18D,27D,28D,31D,32D. The van der Waals surface area contributed by atoms with Gasteiger partial charge in [-0.3, -0.25) is 0 Å². The van der Waals surface area contributed by atoms with Crippen molar-refractivity contribution in [3.8, 4) is 78.7 Å². The number of fused-ring (bicyclic) bond motifs is 5. The molecule has 0 aliphatic carbocycles. The molecular formula is C59H37N3S. The van der Waals surface area contributed by atoms with Gasteiger partial charge in [0.2, 0.25) is 0 Å². The van der Waals surface area contributed by atoms with Crippen LogP contribution in [-0.4, -0.2) is 15.0 Å². The van der Waals surface area contributed by atoms with Crippen molar-refractivity contribution in [2.75, 3.05) is 0 Å². The fourth-order valence-corrected chi connectivity index (χ4v) is 9.71. The van der Waals surface area contributed by atoms with E-state index in [4.69, 9.17) is 24.5 Å². The number of rotatable bonds is 7. The van der Waals surface area contributed by atoms with Gasteiger partial charge in [-0.25, -0.2) is 15.0 Å². The molecule has 2 aromatic heterocycles. The smallest absolute Gasteiger partial charge is 0.164 e. The Morgan fingerprint density at radius 3 is 1.67 bits per heavy atom. The highest BCUT2D eigenvalue weighted by molar-refractivity contribution is 7.26. The minimum absolute atomic E-state index is 0.0190. The van der Waals surface area contributed by atoms with E-state index in [1.807, 2.05) is 60.7 Å². The minimum atomic E-state index is -0.686. The first-order valence-electron chi connectivity index (χ1n) is 25.9. The summed E-state index contributed by atoms with van der Waals surface area (Å²) in [5.41, 5.74) is 5.58. The molecule has 0 saturated carbocycles. The van der Waals surface area contributed by atoms with Crippen LogP contribution >= 0.6 is 11.3 Å². The first-order valence-corrected chi connectivity index (χ1v) is 21.2. The molecule has 0 spiro atoms. The van der Waals surface area contributed by atoms with E-state index in [0.717, 1.165) is 64.3 Å². The lowest BCUT2D eigenvalue weighted by Crippen LogP contribution is -2.01. The third-order valence-corrected chi connectivity index (χ3v) is 12.6. The van der Waals surface area contributed by atoms with E-state index in [1.54, 1.807) is 35.6 Å². The van der Waals surface area contributed by atoms with E-state index >= 15 is 0 Å². The first-order chi connectivity index (χ1) is 35.8. The molecule has 10 aromatic carbocycles. The topological polar surface area (TPSA) is 38.7 Å². The van der Waals surface area contributed by atoms with Gasteiger partial charge < -0.3 is 0 Å². The largest absolute Gasteiger partial charge is 0.208 e. The van der Waals surface area contributed by atoms with Crippen LogP contribution in [0.2, 0.25) is 0 Å². The van der Waals surface area contributed by atoms with Crippen LogP contribution in [0, 0.1) is 0 Å². The van der Waals surface area contributed by atoms with Gasteiger partial charge >= 0.3 is 0 Å². The number of benzene rings is 10. The Morgan fingerprint density at radius 1 is 0.333 bits per heavy atom. The maximum atomic E-state index is 9.59. The van der Waals surface area contributed by atoms with Crippen molar-refractivity contribution in [2.24, 2.45) is 0 Å². The van der Waals surface area contributed by atoms with Crippen LogP contribution in [0.1, 0.15) is 15.1 Å². The fourth-order valence-electron chi connectivity index (χ4n) is 8.44. The van der Waals surface area contributed by atoms with Crippen molar-refractivity contribution >= 4 is 53.1 Å². The maximum Gasteiger partial charge on any atom is 0.164 e. The Bertz CT molecular complexity index is 4310. The highest BCUT2D eigenvalue weighted by atomic mass is 32.1. The zero-order chi connectivity index (χ0) is 51.3. The Kier molecular flexibility index (Phi) is 6.62. The van der Waals surface area contributed by atoms with Crippen molar-refractivity contribution in [2.45, 2.75) is 0 Å². The molecule has 2 heterocycles. The summed E-state index contributed by atoms with van der Waals surface area (Å²) in [5.74, 6) is 1.05. The molecule has 0 unspecified atom stereocenters. The first kappa shape index (κ1) is 27.0. The lowest BCUT2D eigenvalue weighted by molar-refractivity contribution is 1.08. The molecule has 0 saturated heterocycles. The summed E-state index contributed by atoms with van der Waals surface area (Å²) in [5, 5.41) is 3.65. The van der Waals surface area contributed by atoms with Crippen molar-refractivity contribution in [3.05, 3.63) is 224 Å². The maximum absolute atomic E-state index is 9.59. The van der Waals surface area contributed by atoms with E-state index in [1.165, 1.54) is 0 Å². The quantitative estimate of drug-likeness (QED) is 0.161. The molecule has 12 aromatic rings. The summed E-state index contributed by atoms with van der Waals surface area (Å²) >= 11 is 1.70. The minimum Gasteiger partial charge on any atom is -0.208 e. The number of nitrogens with zero attached hydrogens (tertiary/aromatic N) is 3. The molecule has 4 heteroatoms. The second-order valence-electron chi connectivity index (χ2n) is 15.1. The number of hydrogen-bond acceptors (Lipinski definition) is 4. The average molecular weight is 831 g/mol. The second-order valence-corrected chi connectivity index (χ2v) is 16.1. The van der Waals surface area contributed by atoms with Gasteiger partial charge in [0.25, 0.3) is 0 Å². The second kappa shape index (κ2) is 15.4. The molecule has 63 heavy (non-hydrogen) atoms. The predicted molar refractivity (Wildman–Crippen MR) is 266 cm³/mol. The molecule has 0 aliphatic rings. The van der Waals surface area contributed by atoms with Crippen molar-refractivity contribution < 1.29 is 15.1 Å². The van der Waals surface area contributed by atoms with E-state index in [-0.39, 0.29) is 27.7 Å². The number of aromatic nitrogens is 3. The van der Waals surface area contributed by atoms with Crippen molar-refractivity contribution in [3.63, 3.8) is 0 Å². The van der Waals surface area contributed by atoms with Gasteiger partial charge in [0.05, 0.1) is 15.1 Å². The van der Waals surface area contributed by atoms with Crippen LogP contribution in [0.4, 0.5) is 0 Å². The zero-order valence-corrected chi connectivity index (χ0v) is 34.1. The lowest BCUT2D eigenvalue weighted by atomic mass is 9.91. The molecule has 0 fully saturated rings. The van der Waals surface area contributed by atoms with E-state index in [2.05, 4.69) is 72.8 Å². The van der Waals surface area contributed by atoms with E-state index in [0.29, 0.717) is 22.8 Å². The lowest BCUT2D eigenvalue weighted by Gasteiger charge is -2.14. The van der Waals surface area contributed by atoms with Crippen LogP contribution < -0.4 is 0 Å². The van der Waals surface area contributed by atoms with Gasteiger partial charge in [-0.1, -0.05) is 194 Å². The molecule has 12 rings (SSSR count). The monoisotopic (exact) mass is 830 g/mol. The summed E-state index contributed by atoms with van der Waals surface area (Å²) in [6, 6.07) is 45.2. The normalized spacial score (nSPS) is 13.9. The Hall–Kier alpha value is -8.05. The Balaban J connectivity index is 1.14. The summed E-state index contributed by atoms with van der Waals surface area (Å²) in [6.07, 6.45) is 0. The number of hydrogen-bond donors (Lipinski definition) is 0. The Labute approximate surface area is 384 Å². The SMILES string of the molecule is [2H]c1c([2H])c([2H])c(-c2c([2H])c([2H])c(-c3cccc(-c4nc(-c5cc(-c6ccccc6)c6ccccc6c5)nc(-c5ccc(-c6ccccc6)c6sc7ccccc7c56)n4)c3)c3c([2H])c([2H])c([2H])c([2H])c23)c([2H])c1[2H]. The van der Waals surface area contributed by atoms with Gasteiger partial charge in [0.1, 0.15) is 0 Å². The van der Waals surface area contributed by atoms with Crippen LogP contribution in [0.3, 0.4) is 0 Å². The molecule has 0 N–H and O–H groups in total. The molecule has 0 aliphatic heterocycles. The van der Waals surface area contributed by atoms with Crippen molar-refractivity contribution in [1.29, 1.82) is 0 Å². The van der Waals surface area contributed by atoms with Crippen molar-refractivity contribution in [1.82, 2.24) is 15.0 Å². The van der Waals surface area contributed by atoms with Crippen LogP contribution in [0.15, 0.2) is 224 Å².